The molecule has 0 spiro atoms. The maximum Gasteiger partial charge on any atom is 0.224 e. The smallest absolute Gasteiger partial charge is 0.224 e. The Kier molecular flexibility index (Phi) is 7.74. The van der Waals surface area contributed by atoms with Gasteiger partial charge in [0.25, 0.3) is 0 Å². The number of carbonyl (C=O) groups is 1. The van der Waals surface area contributed by atoms with E-state index in [2.05, 4.69) is 10.6 Å². The van der Waals surface area contributed by atoms with Crippen molar-refractivity contribution in [2.45, 2.75) is 64.0 Å². The molecule has 2 atom stereocenters. The van der Waals surface area contributed by atoms with Gasteiger partial charge in [0.2, 0.25) is 5.91 Å². The van der Waals surface area contributed by atoms with Gasteiger partial charge in [0.05, 0.1) is 18.4 Å². The van der Waals surface area contributed by atoms with Crippen LogP contribution in [0, 0.1) is 0 Å². The zero-order chi connectivity index (χ0) is 19.8. The average molecular weight is 389 g/mol. The summed E-state index contributed by atoms with van der Waals surface area (Å²) < 4.78 is 11.8. The molecule has 154 valence electrons. The molecule has 2 unspecified atom stereocenters. The summed E-state index contributed by atoms with van der Waals surface area (Å²) in [6.45, 7) is 3.83. The molecule has 1 aliphatic carbocycles. The third kappa shape index (κ3) is 5.49. The lowest BCUT2D eigenvalue weighted by Crippen LogP contribution is -2.42. The van der Waals surface area contributed by atoms with Gasteiger partial charge >= 0.3 is 0 Å². The third-order valence-electron chi connectivity index (χ3n) is 5.38. The number of anilines is 1. The minimum atomic E-state index is -0.222. The second-order valence-electron chi connectivity index (χ2n) is 7.46. The highest BCUT2D eigenvalue weighted by molar-refractivity contribution is 5.96. The van der Waals surface area contributed by atoms with E-state index in [1.807, 2.05) is 31.2 Å². The van der Waals surface area contributed by atoms with Crippen LogP contribution in [0.15, 0.2) is 24.3 Å². The number of aliphatic hydroxyl groups excluding tert-OH is 1. The summed E-state index contributed by atoms with van der Waals surface area (Å²) in [7, 11) is 0. The molecule has 3 rings (SSSR count). The zero-order valence-electron chi connectivity index (χ0n) is 16.7. The third-order valence-corrected chi connectivity index (χ3v) is 5.38. The van der Waals surface area contributed by atoms with Crippen LogP contribution in [-0.4, -0.2) is 42.9 Å². The molecule has 1 fully saturated rings. The Balaban J connectivity index is 1.53. The van der Waals surface area contributed by atoms with E-state index in [1.54, 1.807) is 0 Å². The van der Waals surface area contributed by atoms with Crippen LogP contribution >= 0.6 is 0 Å². The molecule has 0 radical (unpaired) electrons. The summed E-state index contributed by atoms with van der Waals surface area (Å²) in [5, 5.41) is 16.4. The minimum Gasteiger partial charge on any atom is -0.493 e. The number of benzene rings is 1. The molecule has 3 N–H and O–H groups in total. The van der Waals surface area contributed by atoms with Gasteiger partial charge in [-0.1, -0.05) is 25.0 Å². The number of rotatable bonds is 9. The number of amides is 1. The second-order valence-corrected chi connectivity index (χ2v) is 7.46. The molecule has 0 aromatic heterocycles. The Morgan fingerprint density at radius 3 is 2.86 bits per heavy atom. The summed E-state index contributed by atoms with van der Waals surface area (Å²) >= 11 is 0. The van der Waals surface area contributed by atoms with Crippen LogP contribution < -0.4 is 20.1 Å². The van der Waals surface area contributed by atoms with Crippen molar-refractivity contribution in [3.05, 3.63) is 29.8 Å². The van der Waals surface area contributed by atoms with Gasteiger partial charge in [0, 0.05) is 18.0 Å². The fourth-order valence-corrected chi connectivity index (χ4v) is 3.81. The zero-order valence-corrected chi connectivity index (χ0v) is 16.7. The largest absolute Gasteiger partial charge is 0.493 e. The Morgan fingerprint density at radius 2 is 2.04 bits per heavy atom. The second kappa shape index (κ2) is 10.5. The topological polar surface area (TPSA) is 79.8 Å². The Morgan fingerprint density at radius 1 is 1.21 bits per heavy atom. The van der Waals surface area contributed by atoms with Crippen molar-refractivity contribution in [3.8, 4) is 11.5 Å². The van der Waals surface area contributed by atoms with Gasteiger partial charge < -0.3 is 25.2 Å². The monoisotopic (exact) mass is 388 g/mol. The molecule has 6 heteroatoms. The van der Waals surface area contributed by atoms with Gasteiger partial charge in [0.1, 0.15) is 18.1 Å². The number of aliphatic hydroxyl groups is 1. The number of allylic oxidation sites excluding steroid dienone is 1. The first-order valence-corrected chi connectivity index (χ1v) is 10.4. The molecule has 0 saturated heterocycles. The van der Waals surface area contributed by atoms with Crippen LogP contribution in [0.25, 0.3) is 0 Å². The van der Waals surface area contributed by atoms with Gasteiger partial charge in [0.15, 0.2) is 0 Å². The first-order chi connectivity index (χ1) is 13.7. The van der Waals surface area contributed by atoms with Crippen LogP contribution in [0.3, 0.4) is 0 Å². The summed E-state index contributed by atoms with van der Waals surface area (Å²) in [6.07, 6.45) is 9.87. The summed E-state index contributed by atoms with van der Waals surface area (Å²) in [6, 6.07) is 4.00. The molecule has 1 aromatic rings. The minimum absolute atomic E-state index is 0.00998. The van der Waals surface area contributed by atoms with E-state index in [0.29, 0.717) is 31.8 Å². The molecule has 2 aliphatic rings. The molecule has 1 saturated carbocycles. The standard InChI is InChI=1S/C22H32N2O4/c1-2-3-14-28-20-11-10-19(16-9-12-21(26)24-22(16)20)27-15-6-13-23-17-7-4-5-8-18(17)25/h2-3,10-11,17-18,23,25H,4-9,12-15H2,1H3,(H,24,26)/b3-2+. The van der Waals surface area contributed by atoms with E-state index in [0.717, 1.165) is 49.2 Å². The van der Waals surface area contributed by atoms with Gasteiger partial charge in [-0.25, -0.2) is 0 Å². The molecule has 0 bridgehead atoms. The molecular formula is C22H32N2O4. The van der Waals surface area contributed by atoms with Crippen molar-refractivity contribution in [1.82, 2.24) is 5.32 Å². The fourth-order valence-electron chi connectivity index (χ4n) is 3.81. The average Bonchev–Trinajstić information content (AvgIpc) is 2.70. The van der Waals surface area contributed by atoms with Crippen LogP contribution in [0.5, 0.6) is 11.5 Å². The van der Waals surface area contributed by atoms with E-state index in [1.165, 1.54) is 6.42 Å². The highest BCUT2D eigenvalue weighted by atomic mass is 16.5. The van der Waals surface area contributed by atoms with E-state index >= 15 is 0 Å². The molecule has 1 aliphatic heterocycles. The highest BCUT2D eigenvalue weighted by Crippen LogP contribution is 2.39. The first kappa shape index (κ1) is 20.7. The molecule has 1 heterocycles. The van der Waals surface area contributed by atoms with Gasteiger partial charge in [-0.3, -0.25) is 4.79 Å². The van der Waals surface area contributed by atoms with Crippen molar-refractivity contribution < 1.29 is 19.4 Å². The van der Waals surface area contributed by atoms with Crippen LogP contribution in [0.4, 0.5) is 5.69 Å². The van der Waals surface area contributed by atoms with Crippen LogP contribution in [-0.2, 0) is 11.2 Å². The number of carbonyl (C=O) groups excluding carboxylic acids is 1. The number of nitrogens with one attached hydrogen (secondary N) is 2. The molecule has 28 heavy (non-hydrogen) atoms. The van der Waals surface area contributed by atoms with Crippen molar-refractivity contribution in [2.24, 2.45) is 0 Å². The van der Waals surface area contributed by atoms with Gasteiger partial charge in [-0.15, -0.1) is 0 Å². The number of fused-ring (bicyclic) bond motifs is 1. The Hall–Kier alpha value is -2.05. The molecule has 6 nitrogen and oxygen atoms in total. The quantitative estimate of drug-likeness (QED) is 0.447. The Labute approximate surface area is 167 Å². The van der Waals surface area contributed by atoms with Crippen molar-refractivity contribution in [1.29, 1.82) is 0 Å². The Bertz CT molecular complexity index is 689. The van der Waals surface area contributed by atoms with Gasteiger partial charge in [-0.05, 0) is 51.3 Å². The number of ether oxygens (including phenoxy) is 2. The summed E-state index contributed by atoms with van der Waals surface area (Å²) in [5.74, 6) is 1.50. The van der Waals surface area contributed by atoms with E-state index < -0.39 is 0 Å². The number of hydrogen-bond acceptors (Lipinski definition) is 5. The molecule has 1 amide bonds. The maximum atomic E-state index is 11.8. The summed E-state index contributed by atoms with van der Waals surface area (Å²) in [5.41, 5.74) is 1.75. The predicted octanol–water partition coefficient (Wildman–Crippen LogP) is 3.19. The van der Waals surface area contributed by atoms with Crippen molar-refractivity contribution >= 4 is 11.6 Å². The molecule has 1 aromatic carbocycles. The maximum absolute atomic E-state index is 11.8. The normalized spacial score (nSPS) is 22.0. The molecular weight excluding hydrogens is 356 g/mol. The number of hydrogen-bond donors (Lipinski definition) is 3. The van der Waals surface area contributed by atoms with E-state index in [9.17, 15) is 9.90 Å². The summed E-state index contributed by atoms with van der Waals surface area (Å²) in [4.78, 5) is 11.8. The lowest BCUT2D eigenvalue weighted by atomic mass is 9.92. The lowest BCUT2D eigenvalue weighted by molar-refractivity contribution is -0.116. The first-order valence-electron chi connectivity index (χ1n) is 10.4. The predicted molar refractivity (Wildman–Crippen MR) is 110 cm³/mol. The lowest BCUT2D eigenvalue weighted by Gasteiger charge is -2.28. The van der Waals surface area contributed by atoms with Crippen molar-refractivity contribution in [2.75, 3.05) is 25.1 Å². The SMILES string of the molecule is C/C=C/COc1ccc(OCCCNC2CCCCC2O)c2c1NC(=O)CC2. The van der Waals surface area contributed by atoms with E-state index in [-0.39, 0.29) is 18.1 Å². The van der Waals surface area contributed by atoms with Gasteiger partial charge in [-0.2, -0.15) is 0 Å². The van der Waals surface area contributed by atoms with E-state index in [4.69, 9.17) is 9.47 Å². The van der Waals surface area contributed by atoms with Crippen LogP contribution in [0.1, 0.15) is 51.0 Å². The highest BCUT2D eigenvalue weighted by Gasteiger charge is 2.23. The fraction of sp³-hybridized carbons (Fsp3) is 0.591. The van der Waals surface area contributed by atoms with Crippen molar-refractivity contribution in [3.63, 3.8) is 0 Å². The van der Waals surface area contributed by atoms with Crippen LogP contribution in [0.2, 0.25) is 0 Å².